The van der Waals surface area contributed by atoms with Gasteiger partial charge >= 0.3 is 0 Å². The molecule has 1 aromatic carbocycles. The van der Waals surface area contributed by atoms with E-state index < -0.39 is 0 Å². The third-order valence-corrected chi connectivity index (χ3v) is 4.48. The smallest absolute Gasteiger partial charge is 0.191 e. The Morgan fingerprint density at radius 1 is 1.32 bits per heavy atom. The van der Waals surface area contributed by atoms with Gasteiger partial charge in [-0.15, -0.1) is 0 Å². The van der Waals surface area contributed by atoms with E-state index in [0.717, 1.165) is 25.2 Å². The molecule has 2 aliphatic rings. The first-order valence-corrected chi connectivity index (χ1v) is 8.23. The molecule has 1 aromatic rings. The highest BCUT2D eigenvalue weighted by Gasteiger charge is 2.42. The van der Waals surface area contributed by atoms with E-state index in [9.17, 15) is 4.39 Å². The largest absolute Gasteiger partial charge is 0.353 e. The number of benzene rings is 1. The molecule has 2 atom stereocenters. The van der Waals surface area contributed by atoms with Crippen molar-refractivity contribution in [3.05, 3.63) is 46.8 Å². The van der Waals surface area contributed by atoms with Crippen LogP contribution in [0, 0.1) is 5.82 Å². The number of aliphatic imine (C=N–C) groups is 1. The molecule has 3 nitrogen and oxygen atoms in total. The third kappa shape index (κ3) is 3.43. The number of rotatable bonds is 4. The average molecular weight is 322 g/mol. The van der Waals surface area contributed by atoms with Gasteiger partial charge in [-0.3, -0.25) is 4.99 Å². The first-order valence-electron chi connectivity index (χ1n) is 7.85. The molecule has 2 aliphatic carbocycles. The Morgan fingerprint density at radius 3 is 2.77 bits per heavy atom. The van der Waals surface area contributed by atoms with Crippen LogP contribution in [0.4, 0.5) is 4.39 Å². The van der Waals surface area contributed by atoms with Crippen molar-refractivity contribution in [2.45, 2.75) is 44.2 Å². The summed E-state index contributed by atoms with van der Waals surface area (Å²) in [5, 5.41) is 7.36. The Kier molecular flexibility index (Phi) is 4.67. The molecule has 0 aromatic heterocycles. The van der Waals surface area contributed by atoms with Gasteiger partial charge in [-0.05, 0) is 38.3 Å². The number of hydrogen-bond donors (Lipinski definition) is 2. The zero-order valence-electron chi connectivity index (χ0n) is 12.7. The summed E-state index contributed by atoms with van der Waals surface area (Å²) >= 11 is 6.14. The summed E-state index contributed by atoms with van der Waals surface area (Å²) in [6, 6.07) is 5.47. The third-order valence-electron chi connectivity index (χ3n) is 4.15. The van der Waals surface area contributed by atoms with E-state index in [1.165, 1.54) is 6.07 Å². The lowest BCUT2D eigenvalue weighted by Gasteiger charge is -2.17. The molecule has 2 unspecified atom stereocenters. The number of guanidine groups is 1. The van der Waals surface area contributed by atoms with Crippen molar-refractivity contribution < 1.29 is 4.39 Å². The minimum Gasteiger partial charge on any atom is -0.353 e. The van der Waals surface area contributed by atoms with Gasteiger partial charge in [0.15, 0.2) is 5.96 Å². The molecular formula is C17H21ClFN3. The highest BCUT2D eigenvalue weighted by Crippen LogP contribution is 2.44. The first kappa shape index (κ1) is 15.3. The van der Waals surface area contributed by atoms with Gasteiger partial charge in [0.25, 0.3) is 0 Å². The van der Waals surface area contributed by atoms with E-state index in [0.29, 0.717) is 23.2 Å². The fraction of sp³-hybridized carbons (Fsp3) is 0.471. The normalized spacial score (nSPS) is 24.6. The number of nitrogens with zero attached hydrogens (tertiary/aromatic N) is 1. The Hall–Kier alpha value is -1.55. The van der Waals surface area contributed by atoms with Crippen molar-refractivity contribution in [2.75, 3.05) is 6.54 Å². The first-order chi connectivity index (χ1) is 10.7. The predicted octanol–water partition coefficient (Wildman–Crippen LogP) is 3.61. The van der Waals surface area contributed by atoms with Crippen LogP contribution in [-0.4, -0.2) is 24.6 Å². The molecule has 0 radical (unpaired) electrons. The summed E-state index contributed by atoms with van der Waals surface area (Å²) < 4.78 is 14.0. The van der Waals surface area contributed by atoms with Crippen LogP contribution in [0.1, 0.15) is 37.7 Å². The molecule has 22 heavy (non-hydrogen) atoms. The molecule has 2 N–H and O–H groups in total. The van der Waals surface area contributed by atoms with Gasteiger partial charge in [-0.25, -0.2) is 4.39 Å². The number of nitrogens with one attached hydrogen (secondary N) is 2. The molecule has 0 heterocycles. The van der Waals surface area contributed by atoms with Crippen molar-refractivity contribution in [2.24, 2.45) is 4.99 Å². The molecule has 3 rings (SSSR count). The van der Waals surface area contributed by atoms with Gasteiger partial charge in [0.2, 0.25) is 0 Å². The van der Waals surface area contributed by atoms with E-state index in [2.05, 4.69) is 27.8 Å². The average Bonchev–Trinajstić information content (AvgIpc) is 3.01. The van der Waals surface area contributed by atoms with Crippen LogP contribution in [0.3, 0.4) is 0 Å². The Labute approximate surface area is 135 Å². The van der Waals surface area contributed by atoms with E-state index in [1.807, 2.05) is 6.92 Å². The van der Waals surface area contributed by atoms with Crippen LogP contribution >= 0.6 is 11.6 Å². The molecule has 0 bridgehead atoms. The fourth-order valence-corrected chi connectivity index (χ4v) is 3.24. The Balaban J connectivity index is 1.62. The maximum atomic E-state index is 14.0. The molecule has 0 amide bonds. The lowest BCUT2D eigenvalue weighted by Crippen LogP contribution is -2.43. The summed E-state index contributed by atoms with van der Waals surface area (Å²) in [5.41, 5.74) is 0.625. The van der Waals surface area contributed by atoms with Crippen LogP contribution in [-0.2, 0) is 0 Å². The van der Waals surface area contributed by atoms with Crippen LogP contribution in [0.15, 0.2) is 35.3 Å². The van der Waals surface area contributed by atoms with Gasteiger partial charge in [-0.2, -0.15) is 0 Å². The quantitative estimate of drug-likeness (QED) is 0.505. The SMILES string of the molecule is CCN=C(NC1CC=CC1)NC1CC1c1c(F)cccc1Cl. The molecule has 0 aliphatic heterocycles. The lowest BCUT2D eigenvalue weighted by atomic mass is 10.1. The molecular weight excluding hydrogens is 301 g/mol. The van der Waals surface area contributed by atoms with Crippen LogP contribution in [0.5, 0.6) is 0 Å². The van der Waals surface area contributed by atoms with Gasteiger partial charge in [0.1, 0.15) is 5.82 Å². The molecule has 1 fully saturated rings. The van der Waals surface area contributed by atoms with Crippen LogP contribution < -0.4 is 10.6 Å². The second-order valence-corrected chi connectivity index (χ2v) is 6.24. The van der Waals surface area contributed by atoms with Crippen molar-refractivity contribution in [1.29, 1.82) is 0 Å². The van der Waals surface area contributed by atoms with E-state index in [-0.39, 0.29) is 17.8 Å². The summed E-state index contributed by atoms with van der Waals surface area (Å²) in [5.74, 6) is 0.721. The van der Waals surface area contributed by atoms with Crippen LogP contribution in [0.2, 0.25) is 5.02 Å². The molecule has 1 saturated carbocycles. The molecule has 118 valence electrons. The molecule has 0 spiro atoms. The number of hydrogen-bond acceptors (Lipinski definition) is 1. The topological polar surface area (TPSA) is 36.4 Å². The second-order valence-electron chi connectivity index (χ2n) is 5.84. The van der Waals surface area contributed by atoms with E-state index >= 15 is 0 Å². The fourth-order valence-electron chi connectivity index (χ4n) is 2.93. The van der Waals surface area contributed by atoms with Crippen molar-refractivity contribution in [3.8, 4) is 0 Å². The van der Waals surface area contributed by atoms with Gasteiger partial charge in [-0.1, -0.05) is 29.8 Å². The summed E-state index contributed by atoms with van der Waals surface area (Å²) in [6.07, 6.45) is 7.30. The second kappa shape index (κ2) is 6.69. The highest BCUT2D eigenvalue weighted by molar-refractivity contribution is 6.31. The lowest BCUT2D eigenvalue weighted by molar-refractivity contribution is 0.605. The van der Waals surface area contributed by atoms with Gasteiger partial charge < -0.3 is 10.6 Å². The minimum atomic E-state index is -0.219. The van der Waals surface area contributed by atoms with Crippen molar-refractivity contribution in [3.63, 3.8) is 0 Å². The summed E-state index contributed by atoms with van der Waals surface area (Å²) in [4.78, 5) is 4.48. The van der Waals surface area contributed by atoms with Crippen molar-refractivity contribution in [1.82, 2.24) is 10.6 Å². The van der Waals surface area contributed by atoms with Gasteiger partial charge in [0.05, 0.1) is 0 Å². The maximum absolute atomic E-state index is 14.0. The van der Waals surface area contributed by atoms with Crippen molar-refractivity contribution >= 4 is 17.6 Å². The zero-order valence-corrected chi connectivity index (χ0v) is 13.4. The van der Waals surface area contributed by atoms with Crippen LogP contribution in [0.25, 0.3) is 0 Å². The number of halogens is 2. The predicted molar refractivity (Wildman–Crippen MR) is 89.0 cm³/mol. The summed E-state index contributed by atoms with van der Waals surface area (Å²) in [6.45, 7) is 2.72. The Morgan fingerprint density at radius 2 is 2.09 bits per heavy atom. The monoisotopic (exact) mass is 321 g/mol. The molecule has 0 saturated heterocycles. The Bertz CT molecular complexity index is 571. The minimum absolute atomic E-state index is 0.124. The van der Waals surface area contributed by atoms with E-state index in [1.54, 1.807) is 12.1 Å². The van der Waals surface area contributed by atoms with E-state index in [4.69, 9.17) is 11.6 Å². The van der Waals surface area contributed by atoms with Gasteiger partial charge in [0, 0.05) is 35.1 Å². The maximum Gasteiger partial charge on any atom is 0.191 e. The zero-order chi connectivity index (χ0) is 15.5. The standard InChI is InChI=1S/C17H21ClFN3/c1-2-20-17(21-11-6-3-4-7-11)22-15-10-12(15)16-13(18)8-5-9-14(16)19/h3-5,8-9,11-12,15H,2,6-7,10H2,1H3,(H2,20,21,22). The molecule has 5 heteroatoms. The summed E-state index contributed by atoms with van der Waals surface area (Å²) in [7, 11) is 0. The highest BCUT2D eigenvalue weighted by atomic mass is 35.5.